The van der Waals surface area contributed by atoms with Crippen molar-refractivity contribution in [3.05, 3.63) is 11.6 Å². The van der Waals surface area contributed by atoms with Gasteiger partial charge >= 0.3 is 0 Å². The van der Waals surface area contributed by atoms with Gasteiger partial charge in [-0.05, 0) is 105 Å². The molecule has 2 heteroatoms. The Kier molecular flexibility index (Phi) is 7.82. The summed E-state index contributed by atoms with van der Waals surface area (Å²) in [5.41, 5.74) is 2.48. The fraction of sp³-hybridized carbons (Fsp3) is 0.929. The molecule has 3 fully saturated rings. The Morgan fingerprint density at radius 3 is 2.47 bits per heavy atom. The predicted octanol–water partition coefficient (Wildman–Crippen LogP) is 7.14. The molecular formula is C28H50O2. The van der Waals surface area contributed by atoms with Crippen molar-refractivity contribution in [3.63, 3.8) is 0 Å². The third-order valence-electron chi connectivity index (χ3n) is 10.1. The number of aliphatic hydroxyl groups is 2. The maximum Gasteiger partial charge on any atom is 0.0577 e. The van der Waals surface area contributed by atoms with E-state index in [1.165, 1.54) is 51.4 Å². The highest BCUT2D eigenvalue weighted by Crippen LogP contribution is 2.66. The number of hydrogen-bond acceptors (Lipinski definition) is 2. The lowest BCUT2D eigenvalue weighted by Crippen LogP contribution is -2.50. The number of hydrogen-bond donors (Lipinski definition) is 2. The van der Waals surface area contributed by atoms with Crippen molar-refractivity contribution >= 4 is 0 Å². The van der Waals surface area contributed by atoms with Crippen LogP contribution in [0.2, 0.25) is 0 Å². The molecule has 4 rings (SSSR count). The van der Waals surface area contributed by atoms with Crippen LogP contribution in [0.1, 0.15) is 112 Å². The molecule has 0 radical (unpaired) electrons. The van der Waals surface area contributed by atoms with Crippen LogP contribution in [0, 0.1) is 40.4 Å². The molecule has 30 heavy (non-hydrogen) atoms. The lowest BCUT2D eigenvalue weighted by Gasteiger charge is -2.58. The first-order valence-corrected chi connectivity index (χ1v) is 13.3. The van der Waals surface area contributed by atoms with Gasteiger partial charge in [0.2, 0.25) is 0 Å². The first kappa shape index (κ1) is 24.3. The van der Waals surface area contributed by atoms with Crippen molar-refractivity contribution < 1.29 is 10.2 Å². The summed E-state index contributed by atoms with van der Waals surface area (Å²) in [4.78, 5) is 0. The molecule has 8 unspecified atom stereocenters. The van der Waals surface area contributed by atoms with Crippen LogP contribution in [-0.4, -0.2) is 22.4 Å². The Labute approximate surface area is 186 Å². The zero-order valence-corrected chi connectivity index (χ0v) is 20.8. The van der Waals surface area contributed by atoms with Crippen molar-refractivity contribution in [1.29, 1.82) is 0 Å². The molecule has 4 aliphatic carbocycles. The third-order valence-corrected chi connectivity index (χ3v) is 10.1. The van der Waals surface area contributed by atoms with Crippen LogP contribution in [0.15, 0.2) is 11.6 Å². The van der Waals surface area contributed by atoms with Crippen molar-refractivity contribution in [2.75, 3.05) is 0 Å². The summed E-state index contributed by atoms with van der Waals surface area (Å²) >= 11 is 0. The third kappa shape index (κ3) is 4.29. The van der Waals surface area contributed by atoms with Gasteiger partial charge in [0.15, 0.2) is 0 Å². The lowest BCUT2D eigenvalue weighted by atomic mass is 9.47. The second-order valence-corrected chi connectivity index (χ2v) is 11.7. The minimum atomic E-state index is -0.121. The summed E-state index contributed by atoms with van der Waals surface area (Å²) in [5, 5.41) is 20.4. The Hall–Kier alpha value is -0.340. The van der Waals surface area contributed by atoms with E-state index < -0.39 is 0 Å². The Morgan fingerprint density at radius 1 is 1.03 bits per heavy atom. The first-order chi connectivity index (χ1) is 14.3. The van der Waals surface area contributed by atoms with Gasteiger partial charge in [-0.1, -0.05) is 59.6 Å². The van der Waals surface area contributed by atoms with E-state index in [-0.39, 0.29) is 12.2 Å². The molecule has 0 aromatic heterocycles. The molecule has 0 aliphatic heterocycles. The van der Waals surface area contributed by atoms with Crippen molar-refractivity contribution in [1.82, 2.24) is 0 Å². The monoisotopic (exact) mass is 418 g/mol. The molecule has 0 bridgehead atoms. The van der Waals surface area contributed by atoms with Gasteiger partial charge < -0.3 is 10.2 Å². The van der Waals surface area contributed by atoms with Crippen LogP contribution in [0.3, 0.4) is 0 Å². The van der Waals surface area contributed by atoms with E-state index in [9.17, 15) is 10.2 Å². The van der Waals surface area contributed by atoms with Crippen molar-refractivity contribution in [3.8, 4) is 0 Å². The maximum atomic E-state index is 10.2. The smallest absolute Gasteiger partial charge is 0.0577 e. The molecule has 3 saturated carbocycles. The van der Waals surface area contributed by atoms with Crippen LogP contribution in [0.4, 0.5) is 0 Å². The first-order valence-electron chi connectivity index (χ1n) is 13.3. The molecular weight excluding hydrogens is 368 g/mol. The zero-order valence-electron chi connectivity index (χ0n) is 20.8. The summed E-state index contributed by atoms with van der Waals surface area (Å²) in [5.74, 6) is 3.87. The largest absolute Gasteiger partial charge is 0.393 e. The minimum Gasteiger partial charge on any atom is -0.393 e. The predicted molar refractivity (Wildman–Crippen MR) is 127 cm³/mol. The fourth-order valence-corrected chi connectivity index (χ4v) is 8.13. The standard InChI is InChI=1S/C26H44O2.C2H6/c1-17(2)24(28)7-5-6-18-9-11-22-21-10-8-19-16-20(27)12-14-26(19,4)23(21)13-15-25(18,22)3;1-2/h8,17-18,20-24,27-28H,5-7,9-16H2,1-4H3;1-2H3. The Balaban J connectivity index is 0.00000124. The molecule has 2 nitrogen and oxygen atoms in total. The Morgan fingerprint density at radius 2 is 1.77 bits per heavy atom. The molecule has 0 saturated heterocycles. The van der Waals surface area contributed by atoms with Gasteiger partial charge in [-0.25, -0.2) is 0 Å². The SMILES string of the molecule is CC.CC(C)C(O)CCCC1CCC2C3CC=C4CC(O)CCC4(C)C3CCC12C. The van der Waals surface area contributed by atoms with Crippen LogP contribution in [0.25, 0.3) is 0 Å². The highest BCUT2D eigenvalue weighted by Gasteiger charge is 2.58. The molecule has 0 heterocycles. The molecule has 4 aliphatic rings. The van der Waals surface area contributed by atoms with Crippen LogP contribution in [-0.2, 0) is 0 Å². The van der Waals surface area contributed by atoms with E-state index in [0.717, 1.165) is 42.9 Å². The molecule has 0 spiro atoms. The fourth-order valence-electron chi connectivity index (χ4n) is 8.13. The van der Waals surface area contributed by atoms with E-state index in [1.54, 1.807) is 5.57 Å². The van der Waals surface area contributed by atoms with E-state index >= 15 is 0 Å². The molecule has 8 atom stereocenters. The number of allylic oxidation sites excluding steroid dienone is 1. The summed E-state index contributed by atoms with van der Waals surface area (Å²) in [6, 6.07) is 0. The minimum absolute atomic E-state index is 0.0956. The van der Waals surface area contributed by atoms with Gasteiger partial charge in [0.1, 0.15) is 0 Å². The van der Waals surface area contributed by atoms with Gasteiger partial charge in [0.25, 0.3) is 0 Å². The summed E-state index contributed by atoms with van der Waals surface area (Å²) in [7, 11) is 0. The molecule has 174 valence electrons. The van der Waals surface area contributed by atoms with Crippen LogP contribution >= 0.6 is 0 Å². The highest BCUT2D eigenvalue weighted by atomic mass is 16.3. The number of aliphatic hydroxyl groups excluding tert-OH is 2. The Bertz CT molecular complexity index is 595. The van der Waals surface area contributed by atoms with Crippen LogP contribution < -0.4 is 0 Å². The van der Waals surface area contributed by atoms with E-state index in [0.29, 0.717) is 16.7 Å². The number of fused-ring (bicyclic) bond motifs is 5. The average molecular weight is 419 g/mol. The maximum absolute atomic E-state index is 10.2. The zero-order chi connectivity index (χ0) is 22.1. The normalized spacial score (nSPS) is 43.6. The average Bonchev–Trinajstić information content (AvgIpc) is 3.06. The lowest BCUT2D eigenvalue weighted by molar-refractivity contribution is -0.0512. The molecule has 0 amide bonds. The van der Waals surface area contributed by atoms with E-state index in [4.69, 9.17) is 0 Å². The van der Waals surface area contributed by atoms with Crippen LogP contribution in [0.5, 0.6) is 0 Å². The van der Waals surface area contributed by atoms with E-state index in [2.05, 4.69) is 33.8 Å². The molecule has 0 aromatic rings. The van der Waals surface area contributed by atoms with Gasteiger partial charge in [-0.15, -0.1) is 0 Å². The molecule has 2 N–H and O–H groups in total. The van der Waals surface area contributed by atoms with Gasteiger partial charge in [0, 0.05) is 0 Å². The van der Waals surface area contributed by atoms with Gasteiger partial charge in [0.05, 0.1) is 12.2 Å². The summed E-state index contributed by atoms with van der Waals surface area (Å²) in [6.07, 6.45) is 15.9. The van der Waals surface area contributed by atoms with Crippen molar-refractivity contribution in [2.24, 2.45) is 40.4 Å². The highest BCUT2D eigenvalue weighted by molar-refractivity contribution is 5.25. The second-order valence-electron chi connectivity index (χ2n) is 11.7. The molecule has 0 aromatic carbocycles. The van der Waals surface area contributed by atoms with Crippen molar-refractivity contribution in [2.45, 2.75) is 124 Å². The quantitative estimate of drug-likeness (QED) is 0.466. The van der Waals surface area contributed by atoms with E-state index in [1.807, 2.05) is 13.8 Å². The van der Waals surface area contributed by atoms with Gasteiger partial charge in [-0.2, -0.15) is 0 Å². The second kappa shape index (κ2) is 9.65. The van der Waals surface area contributed by atoms with Gasteiger partial charge in [-0.3, -0.25) is 0 Å². The topological polar surface area (TPSA) is 40.5 Å². The summed E-state index contributed by atoms with van der Waals surface area (Å²) in [6.45, 7) is 13.4. The summed E-state index contributed by atoms with van der Waals surface area (Å²) < 4.78 is 0. The number of rotatable bonds is 5.